The number of benzene rings is 2. The second-order valence-electron chi connectivity index (χ2n) is 6.00. The highest BCUT2D eigenvalue weighted by molar-refractivity contribution is 5.95. The third-order valence-corrected chi connectivity index (χ3v) is 4.35. The van der Waals surface area contributed by atoms with Crippen LogP contribution in [-0.2, 0) is 0 Å². The van der Waals surface area contributed by atoms with Gasteiger partial charge in [0.2, 0.25) is 0 Å². The fourth-order valence-corrected chi connectivity index (χ4v) is 3.02. The molecule has 0 bridgehead atoms. The first kappa shape index (κ1) is 15.3. The quantitative estimate of drug-likeness (QED) is 0.563. The van der Waals surface area contributed by atoms with Crippen molar-refractivity contribution in [1.82, 2.24) is 9.97 Å². The van der Waals surface area contributed by atoms with Crippen molar-refractivity contribution in [3.05, 3.63) is 78.4 Å². The zero-order chi connectivity index (χ0) is 17.4. The van der Waals surface area contributed by atoms with E-state index in [4.69, 9.17) is 5.73 Å². The Morgan fingerprint density at radius 2 is 1.72 bits per heavy atom. The van der Waals surface area contributed by atoms with Crippen molar-refractivity contribution in [3.8, 4) is 22.4 Å². The minimum Gasteiger partial charge on any atom is -0.383 e. The number of nitrogens with zero attached hydrogens (tertiary/aromatic N) is 2. The predicted molar refractivity (Wildman–Crippen MR) is 99.5 cm³/mol. The molecule has 0 aliphatic rings. The summed E-state index contributed by atoms with van der Waals surface area (Å²) >= 11 is 0. The molecule has 0 aliphatic carbocycles. The molecule has 0 spiro atoms. The molecule has 2 aromatic carbocycles. The molecule has 4 heteroatoms. The van der Waals surface area contributed by atoms with Crippen molar-refractivity contribution < 1.29 is 4.39 Å². The first-order valence-corrected chi connectivity index (χ1v) is 7.99. The molecule has 2 heterocycles. The monoisotopic (exact) mass is 329 g/mol. The van der Waals surface area contributed by atoms with E-state index in [1.165, 1.54) is 6.07 Å². The van der Waals surface area contributed by atoms with Gasteiger partial charge in [0.1, 0.15) is 11.6 Å². The third-order valence-electron chi connectivity index (χ3n) is 4.35. The Hall–Kier alpha value is -3.27. The molecule has 0 aliphatic heterocycles. The van der Waals surface area contributed by atoms with Crippen molar-refractivity contribution in [2.45, 2.75) is 6.92 Å². The van der Waals surface area contributed by atoms with E-state index in [1.54, 1.807) is 25.4 Å². The van der Waals surface area contributed by atoms with E-state index in [-0.39, 0.29) is 5.82 Å². The zero-order valence-corrected chi connectivity index (χ0v) is 13.7. The summed E-state index contributed by atoms with van der Waals surface area (Å²) in [5.41, 5.74) is 10.3. The summed E-state index contributed by atoms with van der Waals surface area (Å²) < 4.78 is 13.6. The molecular weight excluding hydrogens is 313 g/mol. The highest BCUT2D eigenvalue weighted by Gasteiger charge is 2.11. The van der Waals surface area contributed by atoms with Crippen LogP contribution in [-0.4, -0.2) is 9.97 Å². The Morgan fingerprint density at radius 3 is 2.56 bits per heavy atom. The highest BCUT2D eigenvalue weighted by Crippen LogP contribution is 2.33. The Kier molecular flexibility index (Phi) is 3.65. The minimum atomic E-state index is -0.217. The number of pyridine rings is 2. The number of rotatable bonds is 2. The third kappa shape index (κ3) is 2.72. The first-order chi connectivity index (χ1) is 12.1. The average molecular weight is 329 g/mol. The van der Waals surface area contributed by atoms with Crippen molar-refractivity contribution in [1.29, 1.82) is 0 Å². The van der Waals surface area contributed by atoms with Crippen LogP contribution in [0.1, 0.15) is 5.56 Å². The number of hydrogen-bond donors (Lipinski definition) is 1. The lowest BCUT2D eigenvalue weighted by Gasteiger charge is -2.11. The van der Waals surface area contributed by atoms with Gasteiger partial charge in [-0.15, -0.1) is 0 Å². The number of hydrogen-bond acceptors (Lipinski definition) is 3. The minimum absolute atomic E-state index is 0.217. The second kappa shape index (κ2) is 5.98. The molecule has 4 aromatic rings. The number of anilines is 1. The smallest absolute Gasteiger partial charge is 0.131 e. The zero-order valence-electron chi connectivity index (χ0n) is 13.7. The first-order valence-electron chi connectivity index (χ1n) is 7.99. The number of halogens is 1. The molecule has 0 radical (unpaired) electrons. The molecule has 4 rings (SSSR count). The molecule has 25 heavy (non-hydrogen) atoms. The molecule has 0 fully saturated rings. The van der Waals surface area contributed by atoms with Crippen LogP contribution in [0.25, 0.3) is 33.2 Å². The lowest BCUT2D eigenvalue weighted by molar-refractivity contribution is 0.619. The molecule has 2 N–H and O–H groups in total. The van der Waals surface area contributed by atoms with Crippen LogP contribution < -0.4 is 5.73 Å². The molecule has 0 unspecified atom stereocenters. The SMILES string of the molecule is Cc1cc(-c2ncccc2-c2ccc3ccnc(N)c3c2)ccc1F. The maximum Gasteiger partial charge on any atom is 0.131 e. The van der Waals surface area contributed by atoms with E-state index < -0.39 is 0 Å². The molecule has 0 amide bonds. The van der Waals surface area contributed by atoms with Gasteiger partial charge >= 0.3 is 0 Å². The lowest BCUT2D eigenvalue weighted by Crippen LogP contribution is -1.93. The summed E-state index contributed by atoms with van der Waals surface area (Å²) in [5.74, 6) is 0.285. The molecule has 0 saturated carbocycles. The van der Waals surface area contributed by atoms with Crippen LogP contribution in [0.5, 0.6) is 0 Å². The van der Waals surface area contributed by atoms with Gasteiger partial charge in [-0.25, -0.2) is 9.37 Å². The molecule has 2 aromatic heterocycles. The van der Waals surface area contributed by atoms with Gasteiger partial charge < -0.3 is 5.73 Å². The van der Waals surface area contributed by atoms with E-state index in [9.17, 15) is 4.39 Å². The summed E-state index contributed by atoms with van der Waals surface area (Å²) in [7, 11) is 0. The van der Waals surface area contributed by atoms with Gasteiger partial charge in [-0.1, -0.05) is 18.2 Å². The van der Waals surface area contributed by atoms with Gasteiger partial charge in [-0.05, 0) is 59.8 Å². The fraction of sp³-hybridized carbons (Fsp3) is 0.0476. The molecular formula is C21H16FN3. The number of nitrogen functional groups attached to an aromatic ring is 1. The molecule has 3 nitrogen and oxygen atoms in total. The van der Waals surface area contributed by atoms with Gasteiger partial charge in [-0.3, -0.25) is 4.98 Å². The standard InChI is InChI=1S/C21H16FN3/c1-13-11-16(6-7-19(13)22)20-17(3-2-9-24-20)15-5-4-14-8-10-25-21(23)18(14)12-15/h2-12H,1H3,(H2,23,25). The topological polar surface area (TPSA) is 51.8 Å². The van der Waals surface area contributed by atoms with Crippen molar-refractivity contribution >= 4 is 16.6 Å². The van der Waals surface area contributed by atoms with Crippen LogP contribution in [0, 0.1) is 12.7 Å². The Balaban J connectivity index is 1.92. The molecule has 122 valence electrons. The fourth-order valence-electron chi connectivity index (χ4n) is 3.02. The normalized spacial score (nSPS) is 11.0. The van der Waals surface area contributed by atoms with Crippen LogP contribution in [0.15, 0.2) is 67.0 Å². The number of nitrogens with two attached hydrogens (primary N) is 1. The maximum absolute atomic E-state index is 13.6. The number of aryl methyl sites for hydroxylation is 1. The van der Waals surface area contributed by atoms with Gasteiger partial charge in [-0.2, -0.15) is 0 Å². The van der Waals surface area contributed by atoms with Crippen LogP contribution >= 0.6 is 0 Å². The van der Waals surface area contributed by atoms with Crippen LogP contribution in [0.3, 0.4) is 0 Å². The number of aromatic nitrogens is 2. The number of fused-ring (bicyclic) bond motifs is 1. The predicted octanol–water partition coefficient (Wildman–Crippen LogP) is 4.99. The molecule has 0 saturated heterocycles. The average Bonchev–Trinajstić information content (AvgIpc) is 2.64. The maximum atomic E-state index is 13.6. The van der Waals surface area contributed by atoms with Gasteiger partial charge in [0, 0.05) is 28.9 Å². The second-order valence-corrected chi connectivity index (χ2v) is 6.00. The van der Waals surface area contributed by atoms with E-state index in [1.807, 2.05) is 42.5 Å². The van der Waals surface area contributed by atoms with Gasteiger partial charge in [0.25, 0.3) is 0 Å². The summed E-state index contributed by atoms with van der Waals surface area (Å²) in [4.78, 5) is 8.69. The van der Waals surface area contributed by atoms with Gasteiger partial charge in [0.15, 0.2) is 0 Å². The van der Waals surface area contributed by atoms with Crippen molar-refractivity contribution in [2.24, 2.45) is 0 Å². The highest BCUT2D eigenvalue weighted by atomic mass is 19.1. The van der Waals surface area contributed by atoms with Gasteiger partial charge in [0.05, 0.1) is 5.69 Å². The van der Waals surface area contributed by atoms with E-state index in [0.717, 1.165) is 33.2 Å². The Morgan fingerprint density at radius 1 is 0.880 bits per heavy atom. The van der Waals surface area contributed by atoms with E-state index in [2.05, 4.69) is 9.97 Å². The summed E-state index contributed by atoms with van der Waals surface area (Å²) in [6.07, 6.45) is 3.45. The van der Waals surface area contributed by atoms with Crippen molar-refractivity contribution in [2.75, 3.05) is 5.73 Å². The van der Waals surface area contributed by atoms with Crippen LogP contribution in [0.2, 0.25) is 0 Å². The Bertz CT molecular complexity index is 1090. The Labute approximate surface area is 145 Å². The summed E-state index contributed by atoms with van der Waals surface area (Å²) in [6.45, 7) is 1.75. The summed E-state index contributed by atoms with van der Waals surface area (Å²) in [6, 6.07) is 17.0. The largest absolute Gasteiger partial charge is 0.383 e. The van der Waals surface area contributed by atoms with Crippen LogP contribution in [0.4, 0.5) is 10.2 Å². The van der Waals surface area contributed by atoms with Crippen molar-refractivity contribution in [3.63, 3.8) is 0 Å². The lowest BCUT2D eigenvalue weighted by atomic mass is 9.96. The van der Waals surface area contributed by atoms with E-state index >= 15 is 0 Å². The van der Waals surface area contributed by atoms with E-state index in [0.29, 0.717) is 11.4 Å². The molecule has 0 atom stereocenters. The summed E-state index contributed by atoms with van der Waals surface area (Å²) in [5, 5.41) is 1.95.